The third-order valence-corrected chi connectivity index (χ3v) is 4.69. The molecule has 0 saturated carbocycles. The van der Waals surface area contributed by atoms with Gasteiger partial charge >= 0.3 is 0 Å². The number of halogens is 1. The maximum atomic E-state index is 5.36. The first kappa shape index (κ1) is 21.5. The molecule has 0 atom stereocenters. The van der Waals surface area contributed by atoms with E-state index < -0.39 is 0 Å². The Kier molecular flexibility index (Phi) is 9.44. The van der Waals surface area contributed by atoms with Crippen LogP contribution in [0, 0.1) is 3.57 Å². The molecule has 3 rings (SSSR count). The van der Waals surface area contributed by atoms with Crippen molar-refractivity contribution in [2.45, 2.75) is 0 Å². The van der Waals surface area contributed by atoms with E-state index in [0.29, 0.717) is 0 Å². The Bertz CT molecular complexity index is 716. The minimum absolute atomic E-state index is 0.735. The van der Waals surface area contributed by atoms with Crippen molar-refractivity contribution in [1.82, 2.24) is 5.32 Å². The molecule has 0 radical (unpaired) electrons. The molecule has 0 bridgehead atoms. The lowest BCUT2D eigenvalue weighted by atomic mass is 10.1. The number of ether oxygens (including phenoxy) is 4. The Morgan fingerprint density at radius 3 is 2.04 bits per heavy atom. The highest BCUT2D eigenvalue weighted by molar-refractivity contribution is 14.1. The molecule has 1 saturated heterocycles. The summed E-state index contributed by atoms with van der Waals surface area (Å²) in [5, 5.41) is 3.16. The molecule has 27 heavy (non-hydrogen) atoms. The lowest BCUT2D eigenvalue weighted by Gasteiger charge is -2.10. The molecule has 2 aromatic carbocycles. The standard InChI is InChI=1S/C17H17IO3.C4H9NO/c1-19-14-8-6-12(7-9-14)4-5-13-10-15(18)17(21-3)16(11-13)20-2;1-3-6-4-2-5-1/h4-11H,1-3H3;5H,1-4H2/b5-4-;. The maximum absolute atomic E-state index is 5.36. The zero-order valence-electron chi connectivity index (χ0n) is 16.0. The first-order chi connectivity index (χ1) is 13.2. The van der Waals surface area contributed by atoms with E-state index >= 15 is 0 Å². The summed E-state index contributed by atoms with van der Waals surface area (Å²) in [6, 6.07) is 11.9. The number of methoxy groups -OCH3 is 3. The Hall–Kier alpha value is -1.77. The van der Waals surface area contributed by atoms with Gasteiger partial charge in [-0.3, -0.25) is 0 Å². The van der Waals surface area contributed by atoms with Gasteiger partial charge in [-0.25, -0.2) is 0 Å². The molecule has 1 heterocycles. The van der Waals surface area contributed by atoms with Crippen LogP contribution in [0.2, 0.25) is 0 Å². The summed E-state index contributed by atoms with van der Waals surface area (Å²) >= 11 is 2.24. The van der Waals surface area contributed by atoms with Crippen LogP contribution < -0.4 is 19.5 Å². The van der Waals surface area contributed by atoms with Gasteiger partial charge in [0.15, 0.2) is 11.5 Å². The van der Waals surface area contributed by atoms with Crippen LogP contribution in [0.1, 0.15) is 11.1 Å². The summed E-state index contributed by atoms with van der Waals surface area (Å²) in [5.41, 5.74) is 2.17. The third kappa shape index (κ3) is 7.04. The summed E-state index contributed by atoms with van der Waals surface area (Å²) in [6.07, 6.45) is 4.10. The summed E-state index contributed by atoms with van der Waals surface area (Å²) in [4.78, 5) is 0. The van der Waals surface area contributed by atoms with E-state index in [0.717, 1.165) is 58.2 Å². The van der Waals surface area contributed by atoms with E-state index in [1.54, 1.807) is 21.3 Å². The topological polar surface area (TPSA) is 49.0 Å². The largest absolute Gasteiger partial charge is 0.497 e. The Morgan fingerprint density at radius 2 is 1.56 bits per heavy atom. The van der Waals surface area contributed by atoms with E-state index in [-0.39, 0.29) is 0 Å². The summed E-state index contributed by atoms with van der Waals surface area (Å²) in [6.45, 7) is 3.83. The van der Waals surface area contributed by atoms with Crippen LogP contribution >= 0.6 is 22.6 Å². The minimum Gasteiger partial charge on any atom is -0.497 e. The Morgan fingerprint density at radius 1 is 0.889 bits per heavy atom. The highest BCUT2D eigenvalue weighted by Gasteiger charge is 2.09. The van der Waals surface area contributed by atoms with Crippen molar-refractivity contribution >= 4 is 34.7 Å². The van der Waals surface area contributed by atoms with E-state index in [4.69, 9.17) is 18.9 Å². The molecule has 2 aromatic rings. The molecule has 0 amide bonds. The van der Waals surface area contributed by atoms with Gasteiger partial charge < -0.3 is 24.3 Å². The molecule has 6 heteroatoms. The van der Waals surface area contributed by atoms with E-state index in [1.807, 2.05) is 36.4 Å². The molecule has 0 aliphatic carbocycles. The summed E-state index contributed by atoms with van der Waals surface area (Å²) in [7, 11) is 4.95. The quantitative estimate of drug-likeness (QED) is 0.513. The molecular weight excluding hydrogens is 457 g/mol. The zero-order valence-corrected chi connectivity index (χ0v) is 18.1. The number of morpholine rings is 1. The maximum Gasteiger partial charge on any atom is 0.174 e. The van der Waals surface area contributed by atoms with Gasteiger partial charge in [0.1, 0.15) is 5.75 Å². The number of nitrogens with one attached hydrogen (secondary N) is 1. The predicted molar refractivity (Wildman–Crippen MR) is 118 cm³/mol. The van der Waals surface area contributed by atoms with Crippen molar-refractivity contribution in [3.63, 3.8) is 0 Å². The zero-order chi connectivity index (χ0) is 19.5. The van der Waals surface area contributed by atoms with Crippen molar-refractivity contribution in [2.75, 3.05) is 47.6 Å². The van der Waals surface area contributed by atoms with E-state index in [1.165, 1.54) is 0 Å². The molecule has 1 N–H and O–H groups in total. The highest BCUT2D eigenvalue weighted by atomic mass is 127. The van der Waals surface area contributed by atoms with Crippen molar-refractivity contribution in [2.24, 2.45) is 0 Å². The van der Waals surface area contributed by atoms with Gasteiger partial charge in [0.05, 0.1) is 38.1 Å². The summed E-state index contributed by atoms with van der Waals surface area (Å²) in [5.74, 6) is 2.35. The molecule has 1 aliphatic rings. The van der Waals surface area contributed by atoms with Crippen molar-refractivity contribution in [3.8, 4) is 17.2 Å². The first-order valence-corrected chi connectivity index (χ1v) is 9.78. The normalized spacial score (nSPS) is 13.6. The number of benzene rings is 2. The monoisotopic (exact) mass is 483 g/mol. The second kappa shape index (κ2) is 11.8. The lowest BCUT2D eigenvalue weighted by molar-refractivity contribution is 0.109. The SMILES string of the molecule is C1COCCN1.COc1ccc(/C=C\c2cc(I)c(OC)c(OC)c2)cc1. The van der Waals surface area contributed by atoms with Crippen LogP contribution in [-0.4, -0.2) is 47.6 Å². The van der Waals surface area contributed by atoms with Gasteiger partial charge in [-0.05, 0) is 58.0 Å². The number of rotatable bonds is 5. The minimum atomic E-state index is 0.735. The molecule has 0 aromatic heterocycles. The predicted octanol–water partition coefficient (Wildman–Crippen LogP) is 4.09. The van der Waals surface area contributed by atoms with Crippen molar-refractivity contribution < 1.29 is 18.9 Å². The van der Waals surface area contributed by atoms with Gasteiger partial charge in [0.2, 0.25) is 0 Å². The van der Waals surface area contributed by atoms with Gasteiger partial charge in [-0.15, -0.1) is 0 Å². The van der Waals surface area contributed by atoms with Crippen molar-refractivity contribution in [1.29, 1.82) is 0 Å². The van der Waals surface area contributed by atoms with Crippen LogP contribution in [-0.2, 0) is 4.74 Å². The van der Waals surface area contributed by atoms with Crippen LogP contribution in [0.5, 0.6) is 17.2 Å². The fourth-order valence-electron chi connectivity index (χ4n) is 2.46. The molecule has 0 unspecified atom stereocenters. The second-order valence-corrected chi connectivity index (χ2v) is 6.87. The summed E-state index contributed by atoms with van der Waals surface area (Å²) < 4.78 is 21.9. The fraction of sp³-hybridized carbons (Fsp3) is 0.333. The van der Waals surface area contributed by atoms with E-state index in [2.05, 4.69) is 40.1 Å². The number of hydrogen-bond donors (Lipinski definition) is 1. The van der Waals surface area contributed by atoms with Crippen LogP contribution in [0.25, 0.3) is 12.2 Å². The smallest absolute Gasteiger partial charge is 0.174 e. The van der Waals surface area contributed by atoms with E-state index in [9.17, 15) is 0 Å². The number of hydrogen-bond acceptors (Lipinski definition) is 5. The molecule has 1 aliphatic heterocycles. The van der Waals surface area contributed by atoms with Gasteiger partial charge in [0.25, 0.3) is 0 Å². The van der Waals surface area contributed by atoms with Crippen LogP contribution in [0.3, 0.4) is 0 Å². The Balaban J connectivity index is 0.000000369. The van der Waals surface area contributed by atoms with Crippen molar-refractivity contribution in [3.05, 3.63) is 51.1 Å². The molecular formula is C21H26INO4. The highest BCUT2D eigenvalue weighted by Crippen LogP contribution is 2.34. The fourth-order valence-corrected chi connectivity index (χ4v) is 3.30. The van der Waals surface area contributed by atoms with Crippen LogP contribution in [0.4, 0.5) is 0 Å². The second-order valence-electron chi connectivity index (χ2n) is 5.71. The molecule has 1 fully saturated rings. The Labute approximate surface area is 174 Å². The van der Waals surface area contributed by atoms with Crippen LogP contribution in [0.15, 0.2) is 36.4 Å². The van der Waals surface area contributed by atoms with Gasteiger partial charge in [-0.2, -0.15) is 0 Å². The molecule has 5 nitrogen and oxygen atoms in total. The first-order valence-electron chi connectivity index (χ1n) is 8.70. The molecule has 146 valence electrons. The average molecular weight is 483 g/mol. The average Bonchev–Trinajstić information content (AvgIpc) is 2.73. The lowest BCUT2D eigenvalue weighted by Crippen LogP contribution is -2.30. The van der Waals surface area contributed by atoms with Gasteiger partial charge in [0, 0.05) is 13.1 Å². The third-order valence-electron chi connectivity index (χ3n) is 3.89. The molecule has 0 spiro atoms. The van der Waals surface area contributed by atoms with Gasteiger partial charge in [-0.1, -0.05) is 24.3 Å².